The Morgan fingerprint density at radius 3 is 2.13 bits per heavy atom. The zero-order valence-electron chi connectivity index (χ0n) is 7.42. The van der Waals surface area contributed by atoms with Gasteiger partial charge in [-0.15, -0.1) is 0 Å². The lowest BCUT2D eigenvalue weighted by Crippen LogP contribution is -2.07. The predicted octanol–water partition coefficient (Wildman–Crippen LogP) is 3.28. The van der Waals surface area contributed by atoms with Crippen molar-refractivity contribution in [3.8, 4) is 0 Å². The van der Waals surface area contributed by atoms with E-state index in [-0.39, 0.29) is 11.0 Å². The van der Waals surface area contributed by atoms with E-state index >= 15 is 0 Å². The summed E-state index contributed by atoms with van der Waals surface area (Å²) in [7, 11) is 0. The van der Waals surface area contributed by atoms with Gasteiger partial charge in [-0.2, -0.15) is 13.2 Å². The zero-order chi connectivity index (χ0) is 11.5. The van der Waals surface area contributed by atoms with E-state index < -0.39 is 11.7 Å². The molecule has 0 aliphatic rings. The lowest BCUT2D eigenvalue weighted by Gasteiger charge is -2.07. The van der Waals surface area contributed by atoms with Crippen LogP contribution in [0.4, 0.5) is 13.2 Å². The van der Waals surface area contributed by atoms with Crippen molar-refractivity contribution in [2.75, 3.05) is 5.33 Å². The first-order chi connectivity index (χ1) is 6.99. The minimum absolute atomic E-state index is 0.273. The van der Waals surface area contributed by atoms with E-state index in [0.29, 0.717) is 5.56 Å². The third kappa shape index (κ3) is 2.95. The van der Waals surface area contributed by atoms with Gasteiger partial charge in [0, 0.05) is 10.9 Å². The van der Waals surface area contributed by atoms with Crippen molar-refractivity contribution < 1.29 is 18.4 Å². The van der Waals surface area contributed by atoms with Crippen LogP contribution < -0.4 is 0 Å². The number of oxime groups is 1. The van der Waals surface area contributed by atoms with Gasteiger partial charge in [0.05, 0.1) is 11.3 Å². The van der Waals surface area contributed by atoms with Gasteiger partial charge in [0.15, 0.2) is 0 Å². The highest BCUT2D eigenvalue weighted by Gasteiger charge is 2.30. The largest absolute Gasteiger partial charge is 0.416 e. The van der Waals surface area contributed by atoms with Crippen LogP contribution in [0.25, 0.3) is 0 Å². The van der Waals surface area contributed by atoms with Crippen LogP contribution in [0.1, 0.15) is 11.1 Å². The Balaban J connectivity index is 3.00. The number of rotatable bonds is 2. The second kappa shape index (κ2) is 4.65. The Morgan fingerprint density at radius 1 is 1.27 bits per heavy atom. The van der Waals surface area contributed by atoms with Gasteiger partial charge in [0.2, 0.25) is 0 Å². The van der Waals surface area contributed by atoms with Crippen molar-refractivity contribution in [2.45, 2.75) is 6.18 Å². The molecule has 0 heterocycles. The second-order valence-electron chi connectivity index (χ2n) is 2.76. The van der Waals surface area contributed by atoms with E-state index in [1.807, 2.05) is 0 Å². The molecule has 82 valence electrons. The molecule has 0 saturated carbocycles. The molecule has 0 spiro atoms. The van der Waals surface area contributed by atoms with E-state index in [9.17, 15) is 13.2 Å². The van der Waals surface area contributed by atoms with E-state index in [2.05, 4.69) is 21.1 Å². The lowest BCUT2D eigenvalue weighted by molar-refractivity contribution is -0.137. The average Bonchev–Trinajstić information content (AvgIpc) is 2.19. The molecular formula is C9H7BrF3NO. The predicted molar refractivity (Wildman–Crippen MR) is 53.6 cm³/mol. The summed E-state index contributed by atoms with van der Waals surface area (Å²) in [6.45, 7) is 0. The van der Waals surface area contributed by atoms with Crippen molar-refractivity contribution in [3.05, 3.63) is 35.4 Å². The fourth-order valence-corrected chi connectivity index (χ4v) is 1.45. The maximum Gasteiger partial charge on any atom is 0.416 e. The van der Waals surface area contributed by atoms with Gasteiger partial charge in [-0.3, -0.25) is 0 Å². The van der Waals surface area contributed by atoms with E-state index in [1.54, 1.807) is 0 Å². The average molecular weight is 282 g/mol. The van der Waals surface area contributed by atoms with Gasteiger partial charge in [0.25, 0.3) is 0 Å². The maximum atomic E-state index is 12.2. The Labute approximate surface area is 92.5 Å². The summed E-state index contributed by atoms with van der Waals surface area (Å²) in [5, 5.41) is 11.8. The fourth-order valence-electron chi connectivity index (χ4n) is 1.01. The first-order valence-corrected chi connectivity index (χ1v) is 5.05. The van der Waals surface area contributed by atoms with Crippen molar-refractivity contribution >= 4 is 21.6 Å². The number of hydrogen-bond acceptors (Lipinski definition) is 2. The van der Waals surface area contributed by atoms with Crippen LogP contribution in [-0.4, -0.2) is 16.2 Å². The highest BCUT2D eigenvalue weighted by atomic mass is 79.9. The molecule has 0 saturated heterocycles. The van der Waals surface area contributed by atoms with Crippen molar-refractivity contribution in [2.24, 2.45) is 5.16 Å². The quantitative estimate of drug-likeness (QED) is 0.384. The summed E-state index contributed by atoms with van der Waals surface area (Å²) < 4.78 is 36.6. The Hall–Kier alpha value is -1.04. The summed E-state index contributed by atoms with van der Waals surface area (Å²) in [5.41, 5.74) is 0.00390. The molecule has 0 aromatic heterocycles. The summed E-state index contributed by atoms with van der Waals surface area (Å²) in [4.78, 5) is 0. The summed E-state index contributed by atoms with van der Waals surface area (Å²) in [5.74, 6) is 0. The smallest absolute Gasteiger partial charge is 0.411 e. The molecule has 6 heteroatoms. The molecule has 0 radical (unpaired) electrons. The van der Waals surface area contributed by atoms with Crippen molar-refractivity contribution in [1.82, 2.24) is 0 Å². The fraction of sp³-hybridized carbons (Fsp3) is 0.222. The minimum atomic E-state index is -4.34. The Kier molecular flexibility index (Phi) is 3.73. The molecule has 1 N–H and O–H groups in total. The SMILES string of the molecule is ON=C(CBr)c1ccc(C(F)(F)F)cc1. The molecule has 1 rings (SSSR count). The topological polar surface area (TPSA) is 32.6 Å². The molecule has 15 heavy (non-hydrogen) atoms. The molecule has 1 aromatic carbocycles. The molecule has 0 atom stereocenters. The van der Waals surface area contributed by atoms with Crippen molar-refractivity contribution in [1.29, 1.82) is 0 Å². The Morgan fingerprint density at radius 2 is 1.80 bits per heavy atom. The molecule has 0 bridgehead atoms. The van der Waals surface area contributed by atoms with E-state index in [4.69, 9.17) is 5.21 Å². The third-order valence-electron chi connectivity index (χ3n) is 1.79. The van der Waals surface area contributed by atoms with Crippen LogP contribution in [0.2, 0.25) is 0 Å². The highest BCUT2D eigenvalue weighted by Crippen LogP contribution is 2.29. The number of nitrogens with zero attached hydrogens (tertiary/aromatic N) is 1. The Bertz CT molecular complexity index is 359. The molecule has 0 unspecified atom stereocenters. The van der Waals surface area contributed by atoms with Crippen LogP contribution in [0.5, 0.6) is 0 Å². The van der Waals surface area contributed by atoms with Crippen LogP contribution in [0.3, 0.4) is 0 Å². The highest BCUT2D eigenvalue weighted by molar-refractivity contribution is 9.09. The van der Waals surface area contributed by atoms with Gasteiger partial charge in [0.1, 0.15) is 0 Å². The van der Waals surface area contributed by atoms with E-state index in [0.717, 1.165) is 12.1 Å². The van der Waals surface area contributed by atoms with E-state index in [1.165, 1.54) is 12.1 Å². The van der Waals surface area contributed by atoms with Crippen LogP contribution in [-0.2, 0) is 6.18 Å². The number of hydrogen-bond donors (Lipinski definition) is 1. The van der Waals surface area contributed by atoms with Crippen LogP contribution in [0.15, 0.2) is 29.4 Å². The van der Waals surface area contributed by atoms with Gasteiger partial charge >= 0.3 is 6.18 Å². The monoisotopic (exact) mass is 281 g/mol. The van der Waals surface area contributed by atoms with Crippen molar-refractivity contribution in [3.63, 3.8) is 0 Å². The zero-order valence-corrected chi connectivity index (χ0v) is 9.01. The first-order valence-electron chi connectivity index (χ1n) is 3.93. The van der Waals surface area contributed by atoms with Gasteiger partial charge < -0.3 is 5.21 Å². The second-order valence-corrected chi connectivity index (χ2v) is 3.32. The maximum absolute atomic E-state index is 12.2. The van der Waals surface area contributed by atoms with Gasteiger partial charge in [-0.25, -0.2) is 0 Å². The standard InChI is InChI=1S/C9H7BrF3NO/c10-5-8(14-15)6-1-3-7(4-2-6)9(11,12)13/h1-4,15H,5H2. The third-order valence-corrected chi connectivity index (χ3v) is 2.32. The first kappa shape index (κ1) is 12.0. The number of benzene rings is 1. The van der Waals surface area contributed by atoms with Crippen LogP contribution in [0, 0.1) is 0 Å². The molecular weight excluding hydrogens is 275 g/mol. The molecule has 0 aliphatic carbocycles. The molecule has 0 fully saturated rings. The number of halogens is 4. The van der Waals surface area contributed by atoms with Crippen LogP contribution >= 0.6 is 15.9 Å². The van der Waals surface area contributed by atoms with Gasteiger partial charge in [-0.1, -0.05) is 33.2 Å². The lowest BCUT2D eigenvalue weighted by atomic mass is 10.1. The molecule has 1 aromatic rings. The summed E-state index contributed by atoms with van der Waals surface area (Å²) in [6.07, 6.45) is -4.34. The molecule has 0 aliphatic heterocycles. The summed E-state index contributed by atoms with van der Waals surface area (Å²) >= 11 is 3.06. The van der Waals surface area contributed by atoms with Gasteiger partial charge in [-0.05, 0) is 12.1 Å². The molecule has 2 nitrogen and oxygen atoms in total. The minimum Gasteiger partial charge on any atom is -0.411 e. The summed E-state index contributed by atoms with van der Waals surface area (Å²) in [6, 6.07) is 4.42. The molecule has 0 amide bonds. The normalized spacial score (nSPS) is 12.9. The number of alkyl halides is 4.